The minimum Gasteiger partial charge on any atom is -0.497 e. The molecule has 6 nitrogen and oxygen atoms in total. The van der Waals surface area contributed by atoms with Crippen LogP contribution in [0.5, 0.6) is 11.5 Å². The number of allylic oxidation sites excluding steroid dienone is 1. The lowest BCUT2D eigenvalue weighted by molar-refractivity contribution is -0.116. The number of Topliss-reactive ketones (excluding diaryl/α,β-unsaturated/α-hetero) is 1. The summed E-state index contributed by atoms with van der Waals surface area (Å²) in [7, 11) is 3.39. The van der Waals surface area contributed by atoms with Crippen molar-refractivity contribution >= 4 is 22.8 Å². The monoisotopic (exact) mass is 509 g/mol. The molecule has 0 spiro atoms. The third-order valence-corrected chi connectivity index (χ3v) is 8.15. The normalized spacial score (nSPS) is 21.0. The zero-order chi connectivity index (χ0) is 26.1. The molecule has 1 fully saturated rings. The maximum Gasteiger partial charge on any atom is 0.163 e. The van der Waals surface area contributed by atoms with Crippen LogP contribution >= 0.6 is 0 Å². The molecule has 2 unspecified atom stereocenters. The van der Waals surface area contributed by atoms with Crippen molar-refractivity contribution < 1.29 is 14.3 Å². The molecule has 2 N–H and O–H groups in total. The molecule has 6 heteroatoms. The Kier molecular flexibility index (Phi) is 6.71. The molecule has 0 aromatic heterocycles. The lowest BCUT2D eigenvalue weighted by atomic mass is 9.78. The van der Waals surface area contributed by atoms with E-state index in [-0.39, 0.29) is 17.7 Å². The summed E-state index contributed by atoms with van der Waals surface area (Å²) >= 11 is 0. The van der Waals surface area contributed by atoms with E-state index in [4.69, 9.17) is 9.47 Å². The van der Waals surface area contributed by atoms with Gasteiger partial charge in [0.25, 0.3) is 0 Å². The molecule has 0 amide bonds. The van der Waals surface area contributed by atoms with Gasteiger partial charge in [0.2, 0.25) is 0 Å². The van der Waals surface area contributed by atoms with Crippen molar-refractivity contribution in [1.82, 2.24) is 0 Å². The molecule has 6 rings (SSSR count). The first kappa shape index (κ1) is 24.4. The molecule has 196 valence electrons. The van der Waals surface area contributed by atoms with E-state index < -0.39 is 0 Å². The molecule has 2 aliphatic heterocycles. The first-order valence-electron chi connectivity index (χ1n) is 13.6. The first-order valence-corrected chi connectivity index (χ1v) is 13.6. The second-order valence-corrected chi connectivity index (χ2v) is 10.4. The molecule has 3 aromatic carbocycles. The number of carbonyl (C=O) groups excluding carboxylic acids is 1. The molecule has 3 aromatic rings. The van der Waals surface area contributed by atoms with Crippen LogP contribution in [-0.2, 0) is 4.79 Å². The largest absolute Gasteiger partial charge is 0.497 e. The van der Waals surface area contributed by atoms with Gasteiger partial charge >= 0.3 is 0 Å². The van der Waals surface area contributed by atoms with Crippen molar-refractivity contribution in [3.8, 4) is 11.5 Å². The Morgan fingerprint density at radius 2 is 1.61 bits per heavy atom. The zero-order valence-electron chi connectivity index (χ0n) is 22.1. The van der Waals surface area contributed by atoms with E-state index in [0.717, 1.165) is 64.8 Å². The lowest BCUT2D eigenvalue weighted by Crippen LogP contribution is -2.29. The van der Waals surface area contributed by atoms with Gasteiger partial charge in [-0.15, -0.1) is 0 Å². The van der Waals surface area contributed by atoms with Crippen LogP contribution in [-0.4, -0.2) is 33.1 Å². The number of benzene rings is 3. The average Bonchev–Trinajstić information content (AvgIpc) is 3.14. The number of anilines is 3. The fraction of sp³-hybridized carbons (Fsp3) is 0.344. The number of piperidine rings is 1. The van der Waals surface area contributed by atoms with Gasteiger partial charge in [0.1, 0.15) is 11.5 Å². The molecule has 1 aliphatic carbocycles. The van der Waals surface area contributed by atoms with Crippen molar-refractivity contribution in [2.75, 3.05) is 42.8 Å². The van der Waals surface area contributed by atoms with Gasteiger partial charge in [0.05, 0.1) is 31.6 Å². The van der Waals surface area contributed by atoms with E-state index in [1.165, 1.54) is 24.9 Å². The maximum absolute atomic E-state index is 13.9. The molecule has 0 radical (unpaired) electrons. The summed E-state index contributed by atoms with van der Waals surface area (Å²) in [5.74, 6) is 1.89. The van der Waals surface area contributed by atoms with Crippen molar-refractivity contribution in [2.45, 2.75) is 44.1 Å². The van der Waals surface area contributed by atoms with Crippen LogP contribution in [0.4, 0.5) is 17.1 Å². The van der Waals surface area contributed by atoms with Crippen molar-refractivity contribution in [1.29, 1.82) is 0 Å². The lowest BCUT2D eigenvalue weighted by Gasteiger charge is -2.32. The number of carbonyl (C=O) groups is 1. The highest BCUT2D eigenvalue weighted by Crippen LogP contribution is 2.46. The Labute approximate surface area is 224 Å². The zero-order valence-corrected chi connectivity index (χ0v) is 22.1. The Bertz CT molecular complexity index is 1360. The van der Waals surface area contributed by atoms with Crippen LogP contribution in [0, 0.1) is 0 Å². The van der Waals surface area contributed by atoms with E-state index >= 15 is 0 Å². The van der Waals surface area contributed by atoms with Gasteiger partial charge in [-0.25, -0.2) is 0 Å². The number of hydrogen-bond donors (Lipinski definition) is 2. The minimum absolute atomic E-state index is 0.106. The summed E-state index contributed by atoms with van der Waals surface area (Å²) in [4.78, 5) is 16.4. The number of fused-ring (bicyclic) bond motifs is 1. The Morgan fingerprint density at radius 1 is 0.842 bits per heavy atom. The van der Waals surface area contributed by atoms with Gasteiger partial charge in [0, 0.05) is 48.1 Å². The molecule has 3 aliphatic rings. The highest BCUT2D eigenvalue weighted by molar-refractivity contribution is 6.01. The van der Waals surface area contributed by atoms with E-state index in [9.17, 15) is 4.79 Å². The quantitative estimate of drug-likeness (QED) is 0.400. The molecular weight excluding hydrogens is 474 g/mol. The van der Waals surface area contributed by atoms with Gasteiger partial charge in [-0.2, -0.15) is 0 Å². The number of rotatable bonds is 5. The first-order chi connectivity index (χ1) is 18.6. The Balaban J connectivity index is 1.40. The number of ether oxygens (including phenoxy) is 2. The SMILES string of the molecule is COc1ccc(C2CC(=O)C3=C(C2)Nc2ccccc2NC3c2ccc(N3CCCCC3)cc2OC)cc1. The summed E-state index contributed by atoms with van der Waals surface area (Å²) in [6, 6.07) is 22.4. The van der Waals surface area contributed by atoms with Crippen LogP contribution in [0.1, 0.15) is 55.2 Å². The second-order valence-electron chi connectivity index (χ2n) is 10.4. The van der Waals surface area contributed by atoms with Gasteiger partial charge in [-0.1, -0.05) is 30.3 Å². The van der Waals surface area contributed by atoms with E-state index in [2.05, 4.69) is 58.0 Å². The van der Waals surface area contributed by atoms with Crippen molar-refractivity contribution in [2.24, 2.45) is 0 Å². The summed E-state index contributed by atoms with van der Waals surface area (Å²) in [6.07, 6.45) is 4.96. The molecule has 0 saturated carbocycles. The summed E-state index contributed by atoms with van der Waals surface area (Å²) in [5, 5.41) is 7.33. The van der Waals surface area contributed by atoms with Crippen LogP contribution in [0.2, 0.25) is 0 Å². The fourth-order valence-corrected chi connectivity index (χ4v) is 6.12. The number of hydrogen-bond acceptors (Lipinski definition) is 6. The number of nitrogens with one attached hydrogen (secondary N) is 2. The van der Waals surface area contributed by atoms with E-state index in [1.807, 2.05) is 24.3 Å². The predicted molar refractivity (Wildman–Crippen MR) is 152 cm³/mol. The highest BCUT2D eigenvalue weighted by atomic mass is 16.5. The van der Waals surface area contributed by atoms with Gasteiger partial charge in [-0.05, 0) is 67.5 Å². The molecule has 2 heterocycles. The van der Waals surface area contributed by atoms with Crippen molar-refractivity contribution in [3.05, 3.63) is 89.1 Å². The smallest absolute Gasteiger partial charge is 0.163 e. The molecule has 2 atom stereocenters. The van der Waals surface area contributed by atoms with Crippen LogP contribution in [0.3, 0.4) is 0 Å². The van der Waals surface area contributed by atoms with E-state index in [1.54, 1.807) is 14.2 Å². The minimum atomic E-state index is -0.309. The highest BCUT2D eigenvalue weighted by Gasteiger charge is 2.37. The topological polar surface area (TPSA) is 62.8 Å². The number of para-hydroxylation sites is 2. The summed E-state index contributed by atoms with van der Waals surface area (Å²) in [5.41, 5.74) is 7.05. The number of methoxy groups -OCH3 is 2. The number of ketones is 1. The van der Waals surface area contributed by atoms with E-state index in [0.29, 0.717) is 6.42 Å². The summed E-state index contributed by atoms with van der Waals surface area (Å²) < 4.78 is 11.3. The molecule has 38 heavy (non-hydrogen) atoms. The average molecular weight is 510 g/mol. The van der Waals surface area contributed by atoms with Gasteiger partial charge < -0.3 is 25.0 Å². The van der Waals surface area contributed by atoms with Crippen molar-refractivity contribution in [3.63, 3.8) is 0 Å². The predicted octanol–water partition coefficient (Wildman–Crippen LogP) is 6.67. The molecule has 0 bridgehead atoms. The van der Waals surface area contributed by atoms with Gasteiger partial charge in [-0.3, -0.25) is 4.79 Å². The Hall–Kier alpha value is -3.93. The van der Waals surface area contributed by atoms with Crippen LogP contribution in [0.15, 0.2) is 78.0 Å². The van der Waals surface area contributed by atoms with Gasteiger partial charge in [0.15, 0.2) is 5.78 Å². The maximum atomic E-state index is 13.9. The standard InChI is InChI=1S/C32H35N3O3/c1-37-24-13-10-21(11-14-24)22-18-28-31(29(36)19-22)32(34-27-9-5-4-8-26(27)33-28)25-15-12-23(20-30(25)38-2)35-16-6-3-7-17-35/h4-5,8-15,20,22,32-34H,3,6-7,16-19H2,1-2H3. The number of nitrogens with zero attached hydrogens (tertiary/aromatic N) is 1. The third kappa shape index (κ3) is 4.60. The summed E-state index contributed by atoms with van der Waals surface area (Å²) in [6.45, 7) is 2.14. The molecular formula is C32H35N3O3. The Morgan fingerprint density at radius 3 is 2.34 bits per heavy atom. The van der Waals surface area contributed by atoms with Crippen LogP contribution < -0.4 is 25.0 Å². The molecule has 1 saturated heterocycles. The van der Waals surface area contributed by atoms with Crippen LogP contribution in [0.25, 0.3) is 0 Å². The third-order valence-electron chi connectivity index (χ3n) is 8.15. The fourth-order valence-electron chi connectivity index (χ4n) is 6.12. The second kappa shape index (κ2) is 10.4.